The molecule has 1 rings (SSSR count). The first kappa shape index (κ1) is 25.9. The highest BCUT2D eigenvalue weighted by Gasteiger charge is 2.18. The molecule has 0 aliphatic carbocycles. The van der Waals surface area contributed by atoms with Crippen molar-refractivity contribution in [2.24, 2.45) is 4.99 Å². The van der Waals surface area contributed by atoms with Crippen LogP contribution in [0.3, 0.4) is 0 Å². The van der Waals surface area contributed by atoms with Crippen molar-refractivity contribution in [3.63, 3.8) is 0 Å². The molecular formula is C18H33IN4O3S. The molecule has 0 aromatic heterocycles. The minimum Gasteiger partial charge on any atom is -0.491 e. The van der Waals surface area contributed by atoms with Crippen molar-refractivity contribution in [3.8, 4) is 5.75 Å². The van der Waals surface area contributed by atoms with Gasteiger partial charge in [0.15, 0.2) is 5.96 Å². The molecule has 0 amide bonds. The normalized spacial score (nSPS) is 11.9. The Hall–Kier alpha value is -1.07. The predicted molar refractivity (Wildman–Crippen MR) is 123 cm³/mol. The van der Waals surface area contributed by atoms with E-state index in [0.717, 1.165) is 11.3 Å². The first-order chi connectivity index (χ1) is 12.4. The number of likely N-dealkylation sites (N-methyl/N-ethyl adjacent to an activating group) is 1. The van der Waals surface area contributed by atoms with E-state index in [1.807, 2.05) is 57.0 Å². The summed E-state index contributed by atoms with van der Waals surface area (Å²) < 4.78 is 31.7. The summed E-state index contributed by atoms with van der Waals surface area (Å²) in [7, 11) is 0.342. The molecule has 0 aliphatic rings. The van der Waals surface area contributed by atoms with Crippen LogP contribution < -0.4 is 10.1 Å². The molecule has 0 spiro atoms. The lowest BCUT2D eigenvalue weighted by atomic mass is 10.2. The number of hydrogen-bond donors (Lipinski definition) is 1. The molecule has 27 heavy (non-hydrogen) atoms. The van der Waals surface area contributed by atoms with E-state index in [9.17, 15) is 8.42 Å². The zero-order chi connectivity index (χ0) is 19.6. The maximum absolute atomic E-state index is 12.2. The molecule has 0 radical (unpaired) electrons. The Morgan fingerprint density at radius 1 is 1.22 bits per heavy atom. The number of sulfonamides is 1. The topological polar surface area (TPSA) is 74.2 Å². The van der Waals surface area contributed by atoms with Crippen molar-refractivity contribution in [1.29, 1.82) is 0 Å². The minimum absolute atomic E-state index is 0. The highest BCUT2D eigenvalue weighted by molar-refractivity contribution is 14.0. The number of guanidine groups is 1. The standard InChI is InChI=1S/C18H32N4O3S.HI/c1-6-22(7-2)26(23,24)15-12-20-18(19-4)21(5)13-14-25-17-11-9-8-10-16(17)3;/h8-11H,6-7,12-15H2,1-5H3,(H,19,20);1H. The molecule has 0 saturated carbocycles. The number of halogens is 1. The monoisotopic (exact) mass is 512 g/mol. The van der Waals surface area contributed by atoms with Gasteiger partial charge in [-0.25, -0.2) is 12.7 Å². The lowest BCUT2D eigenvalue weighted by Gasteiger charge is -2.23. The maximum atomic E-state index is 12.2. The molecule has 1 aromatic carbocycles. The fourth-order valence-corrected chi connectivity index (χ4v) is 3.94. The van der Waals surface area contributed by atoms with Crippen LogP contribution in [0.25, 0.3) is 0 Å². The van der Waals surface area contributed by atoms with Gasteiger partial charge in [-0.15, -0.1) is 24.0 Å². The maximum Gasteiger partial charge on any atom is 0.215 e. The van der Waals surface area contributed by atoms with Gasteiger partial charge in [-0.2, -0.15) is 0 Å². The van der Waals surface area contributed by atoms with Gasteiger partial charge in [-0.1, -0.05) is 32.0 Å². The molecule has 7 nitrogen and oxygen atoms in total. The number of hydrogen-bond acceptors (Lipinski definition) is 4. The molecular weight excluding hydrogens is 479 g/mol. The van der Waals surface area contributed by atoms with Gasteiger partial charge in [0.25, 0.3) is 0 Å². The van der Waals surface area contributed by atoms with E-state index >= 15 is 0 Å². The van der Waals surface area contributed by atoms with Gasteiger partial charge in [-0.3, -0.25) is 4.99 Å². The molecule has 0 bridgehead atoms. The van der Waals surface area contributed by atoms with Crippen LogP contribution in [-0.4, -0.2) is 76.2 Å². The van der Waals surface area contributed by atoms with E-state index in [1.54, 1.807) is 7.05 Å². The van der Waals surface area contributed by atoms with E-state index in [4.69, 9.17) is 4.74 Å². The van der Waals surface area contributed by atoms with Crippen LogP contribution in [0.4, 0.5) is 0 Å². The van der Waals surface area contributed by atoms with Gasteiger partial charge in [0, 0.05) is 33.7 Å². The second kappa shape index (κ2) is 13.2. The van der Waals surface area contributed by atoms with Gasteiger partial charge < -0.3 is 15.0 Å². The molecule has 0 unspecified atom stereocenters. The van der Waals surface area contributed by atoms with Crippen molar-refractivity contribution in [1.82, 2.24) is 14.5 Å². The van der Waals surface area contributed by atoms with Crippen LogP contribution in [0, 0.1) is 6.92 Å². The van der Waals surface area contributed by atoms with E-state index in [0.29, 0.717) is 38.7 Å². The lowest BCUT2D eigenvalue weighted by molar-refractivity contribution is 0.280. The Morgan fingerprint density at radius 2 is 1.85 bits per heavy atom. The molecule has 0 atom stereocenters. The van der Waals surface area contributed by atoms with E-state index in [-0.39, 0.29) is 29.7 Å². The zero-order valence-electron chi connectivity index (χ0n) is 16.9. The number of rotatable bonds is 10. The number of benzene rings is 1. The number of nitrogens with zero attached hydrogens (tertiary/aromatic N) is 3. The van der Waals surface area contributed by atoms with Crippen molar-refractivity contribution >= 4 is 40.0 Å². The second-order valence-electron chi connectivity index (χ2n) is 5.91. The van der Waals surface area contributed by atoms with Crippen molar-refractivity contribution in [2.75, 3.05) is 52.6 Å². The highest BCUT2D eigenvalue weighted by atomic mass is 127. The first-order valence-corrected chi connectivity index (χ1v) is 10.5. The molecule has 0 saturated heterocycles. The van der Waals surface area contributed by atoms with Gasteiger partial charge in [0.1, 0.15) is 12.4 Å². The molecule has 156 valence electrons. The lowest BCUT2D eigenvalue weighted by Crippen LogP contribution is -2.44. The van der Waals surface area contributed by atoms with Gasteiger partial charge >= 0.3 is 0 Å². The Balaban J connectivity index is 0.00000676. The molecule has 9 heteroatoms. The summed E-state index contributed by atoms with van der Waals surface area (Å²) in [5, 5.41) is 3.10. The quantitative estimate of drug-likeness (QED) is 0.296. The Kier molecular flexibility index (Phi) is 12.6. The fraction of sp³-hybridized carbons (Fsp3) is 0.611. The van der Waals surface area contributed by atoms with Crippen molar-refractivity contribution in [3.05, 3.63) is 29.8 Å². The van der Waals surface area contributed by atoms with Gasteiger partial charge in [0.2, 0.25) is 10.0 Å². The molecule has 0 heterocycles. The van der Waals surface area contributed by atoms with E-state index < -0.39 is 10.0 Å². The van der Waals surface area contributed by atoms with E-state index in [2.05, 4.69) is 10.3 Å². The Bertz CT molecular complexity index is 679. The summed E-state index contributed by atoms with van der Waals surface area (Å²) in [6.07, 6.45) is 0. The zero-order valence-corrected chi connectivity index (χ0v) is 20.1. The average Bonchev–Trinajstić information content (AvgIpc) is 2.61. The summed E-state index contributed by atoms with van der Waals surface area (Å²) in [5.41, 5.74) is 1.10. The predicted octanol–water partition coefficient (Wildman–Crippen LogP) is 2.17. The van der Waals surface area contributed by atoms with Crippen LogP contribution >= 0.6 is 24.0 Å². The number of aliphatic imine (C=N–C) groups is 1. The Labute approximate surface area is 181 Å². The molecule has 0 aliphatic heterocycles. The number of nitrogens with one attached hydrogen (secondary N) is 1. The second-order valence-corrected chi connectivity index (χ2v) is 8.00. The van der Waals surface area contributed by atoms with Crippen molar-refractivity contribution in [2.45, 2.75) is 20.8 Å². The first-order valence-electron chi connectivity index (χ1n) is 8.93. The molecule has 1 N–H and O–H groups in total. The third kappa shape index (κ3) is 8.65. The summed E-state index contributed by atoms with van der Waals surface area (Å²) in [5.74, 6) is 1.56. The van der Waals surface area contributed by atoms with Crippen LogP contribution in [0.15, 0.2) is 29.3 Å². The highest BCUT2D eigenvalue weighted by Crippen LogP contribution is 2.15. The third-order valence-electron chi connectivity index (χ3n) is 4.09. The summed E-state index contributed by atoms with van der Waals surface area (Å²) in [6, 6.07) is 7.88. The van der Waals surface area contributed by atoms with Gasteiger partial charge in [0.05, 0.1) is 12.3 Å². The number of para-hydroxylation sites is 1. The van der Waals surface area contributed by atoms with Crippen molar-refractivity contribution < 1.29 is 13.2 Å². The van der Waals surface area contributed by atoms with Crippen LogP contribution in [-0.2, 0) is 10.0 Å². The van der Waals surface area contributed by atoms with Crippen LogP contribution in [0.1, 0.15) is 19.4 Å². The smallest absolute Gasteiger partial charge is 0.215 e. The Morgan fingerprint density at radius 3 is 2.41 bits per heavy atom. The summed E-state index contributed by atoms with van der Waals surface area (Å²) in [4.78, 5) is 6.12. The fourth-order valence-electron chi connectivity index (χ4n) is 2.54. The largest absolute Gasteiger partial charge is 0.491 e. The van der Waals surface area contributed by atoms with Gasteiger partial charge in [-0.05, 0) is 18.6 Å². The molecule has 1 aromatic rings. The van der Waals surface area contributed by atoms with E-state index in [1.165, 1.54) is 4.31 Å². The average molecular weight is 512 g/mol. The SMILES string of the molecule is CCN(CC)S(=O)(=O)CCNC(=NC)N(C)CCOc1ccccc1C.I. The number of aryl methyl sites for hydroxylation is 1. The number of ether oxygens (including phenoxy) is 1. The summed E-state index contributed by atoms with van der Waals surface area (Å²) in [6.45, 7) is 8.14. The van der Waals surface area contributed by atoms with Crippen LogP contribution in [0.2, 0.25) is 0 Å². The third-order valence-corrected chi connectivity index (χ3v) is 6.12. The summed E-state index contributed by atoms with van der Waals surface area (Å²) >= 11 is 0. The van der Waals surface area contributed by atoms with Crippen LogP contribution in [0.5, 0.6) is 5.75 Å². The minimum atomic E-state index is -3.24. The molecule has 0 fully saturated rings.